The number of alkyl halides is 3. The molecule has 0 aliphatic carbocycles. The highest BCUT2D eigenvalue weighted by molar-refractivity contribution is 5.94. The summed E-state index contributed by atoms with van der Waals surface area (Å²) in [5.74, 6) is -0.605. The molecule has 0 radical (unpaired) electrons. The highest BCUT2D eigenvalue weighted by Crippen LogP contribution is 2.21. The molecule has 0 spiro atoms. The normalized spacial score (nSPS) is 13.2. The van der Waals surface area contributed by atoms with Crippen LogP contribution in [0.3, 0.4) is 0 Å². The molecule has 0 aromatic heterocycles. The van der Waals surface area contributed by atoms with Gasteiger partial charge in [-0.05, 0) is 31.2 Å². The molecule has 1 aromatic rings. The first-order valence-corrected chi connectivity index (χ1v) is 4.94. The second-order valence-corrected chi connectivity index (χ2v) is 3.74. The second-order valence-electron chi connectivity index (χ2n) is 3.74. The van der Waals surface area contributed by atoms with Gasteiger partial charge in [0.15, 0.2) is 0 Å². The molecule has 17 heavy (non-hydrogen) atoms. The van der Waals surface area contributed by atoms with E-state index in [0.29, 0.717) is 0 Å². The number of rotatable bonds is 3. The minimum absolute atomic E-state index is 0.00936. The van der Waals surface area contributed by atoms with Gasteiger partial charge in [-0.15, -0.1) is 0 Å². The number of amides is 1. The molecule has 0 aliphatic rings. The molecule has 0 bridgehead atoms. The molecule has 1 amide bonds. The van der Waals surface area contributed by atoms with Crippen LogP contribution in [-0.4, -0.2) is 23.2 Å². The van der Waals surface area contributed by atoms with Crippen LogP contribution in [0, 0.1) is 0 Å². The highest BCUT2D eigenvalue weighted by atomic mass is 19.4. The number of hydrogen-bond acceptors (Lipinski definition) is 2. The molecule has 0 aliphatic heterocycles. The number of carbonyl (C=O) groups is 1. The number of phenols is 1. The van der Waals surface area contributed by atoms with Gasteiger partial charge in [-0.2, -0.15) is 13.2 Å². The Hall–Kier alpha value is -1.72. The lowest BCUT2D eigenvalue weighted by atomic mass is 10.1. The zero-order valence-corrected chi connectivity index (χ0v) is 9.08. The maximum Gasteiger partial charge on any atom is 0.391 e. The van der Waals surface area contributed by atoms with E-state index >= 15 is 0 Å². The maximum atomic E-state index is 12.0. The van der Waals surface area contributed by atoms with Crippen molar-refractivity contribution in [2.24, 2.45) is 0 Å². The summed E-state index contributed by atoms with van der Waals surface area (Å²) in [6.45, 7) is 1.28. The number of hydrogen-bond donors (Lipinski definition) is 2. The Balaban J connectivity index is 2.57. The fourth-order valence-corrected chi connectivity index (χ4v) is 1.32. The van der Waals surface area contributed by atoms with Crippen LogP contribution >= 0.6 is 0 Å². The first-order valence-electron chi connectivity index (χ1n) is 4.94. The van der Waals surface area contributed by atoms with Gasteiger partial charge in [-0.1, -0.05) is 0 Å². The van der Waals surface area contributed by atoms with Crippen LogP contribution in [0.4, 0.5) is 13.2 Å². The largest absolute Gasteiger partial charge is 0.508 e. The van der Waals surface area contributed by atoms with Crippen molar-refractivity contribution >= 4 is 5.91 Å². The Morgan fingerprint density at radius 2 is 1.88 bits per heavy atom. The maximum absolute atomic E-state index is 12.0. The zero-order valence-electron chi connectivity index (χ0n) is 9.08. The lowest BCUT2D eigenvalue weighted by Crippen LogP contribution is -2.35. The molecule has 1 aromatic carbocycles. The summed E-state index contributed by atoms with van der Waals surface area (Å²) in [6, 6.07) is 4.28. The third-order valence-electron chi connectivity index (χ3n) is 2.04. The van der Waals surface area contributed by atoms with Crippen LogP contribution in [0.1, 0.15) is 23.7 Å². The van der Waals surface area contributed by atoms with Gasteiger partial charge in [0.25, 0.3) is 5.91 Å². The summed E-state index contributed by atoms with van der Waals surface area (Å²) in [4.78, 5) is 11.5. The lowest BCUT2D eigenvalue weighted by molar-refractivity contribution is -0.138. The fraction of sp³-hybridized carbons (Fsp3) is 0.364. The minimum atomic E-state index is -4.30. The first-order chi connectivity index (χ1) is 7.78. The lowest BCUT2D eigenvalue weighted by Gasteiger charge is -2.15. The van der Waals surface area contributed by atoms with E-state index in [1.54, 1.807) is 0 Å². The van der Waals surface area contributed by atoms with E-state index in [9.17, 15) is 18.0 Å². The molecule has 2 N–H and O–H groups in total. The quantitative estimate of drug-likeness (QED) is 0.862. The molecular formula is C11H12F3NO2. The molecule has 0 fully saturated rings. The van der Waals surface area contributed by atoms with E-state index in [1.165, 1.54) is 31.2 Å². The Labute approximate surface area is 96.3 Å². The van der Waals surface area contributed by atoms with E-state index < -0.39 is 24.5 Å². The van der Waals surface area contributed by atoms with Crippen LogP contribution in [0.2, 0.25) is 0 Å². The standard InChI is InChI=1S/C11H12F3NO2/c1-7(6-11(12,13)14)15-10(17)8-2-4-9(16)5-3-8/h2-5,7,16H,6H2,1H3,(H,15,17). The Kier molecular flexibility index (Phi) is 3.98. The van der Waals surface area contributed by atoms with E-state index in [2.05, 4.69) is 5.32 Å². The summed E-state index contributed by atoms with van der Waals surface area (Å²) in [5, 5.41) is 11.2. The van der Waals surface area contributed by atoms with Gasteiger partial charge in [0.2, 0.25) is 0 Å². The summed E-state index contributed by atoms with van der Waals surface area (Å²) >= 11 is 0. The number of halogens is 3. The Bertz CT molecular complexity index is 387. The van der Waals surface area contributed by atoms with Crippen molar-refractivity contribution in [2.75, 3.05) is 0 Å². The number of phenolic OH excluding ortho intramolecular Hbond substituents is 1. The van der Waals surface area contributed by atoms with Crippen LogP contribution in [0.25, 0.3) is 0 Å². The minimum Gasteiger partial charge on any atom is -0.508 e. The number of nitrogens with one attached hydrogen (secondary N) is 1. The molecule has 0 saturated carbocycles. The summed E-state index contributed by atoms with van der Waals surface area (Å²) in [7, 11) is 0. The van der Waals surface area contributed by atoms with Gasteiger partial charge in [-0.25, -0.2) is 0 Å². The van der Waals surface area contributed by atoms with Gasteiger partial charge < -0.3 is 10.4 Å². The topological polar surface area (TPSA) is 49.3 Å². The molecular weight excluding hydrogens is 235 g/mol. The summed E-state index contributed by atoms with van der Waals surface area (Å²) < 4.78 is 36.1. The van der Waals surface area contributed by atoms with Gasteiger partial charge in [0.05, 0.1) is 6.42 Å². The number of carbonyl (C=O) groups excluding carboxylic acids is 1. The van der Waals surface area contributed by atoms with Crippen molar-refractivity contribution in [3.05, 3.63) is 29.8 Å². The zero-order chi connectivity index (χ0) is 13.1. The van der Waals surface area contributed by atoms with E-state index in [1.807, 2.05) is 0 Å². The average Bonchev–Trinajstić information content (AvgIpc) is 2.15. The highest BCUT2D eigenvalue weighted by Gasteiger charge is 2.30. The molecule has 6 heteroatoms. The second kappa shape index (κ2) is 5.07. The van der Waals surface area contributed by atoms with Crippen molar-refractivity contribution in [1.29, 1.82) is 0 Å². The first kappa shape index (κ1) is 13.3. The SMILES string of the molecule is CC(CC(F)(F)F)NC(=O)c1ccc(O)cc1. The van der Waals surface area contributed by atoms with Crippen molar-refractivity contribution in [1.82, 2.24) is 5.32 Å². The Morgan fingerprint density at radius 1 is 1.35 bits per heavy atom. The van der Waals surface area contributed by atoms with E-state index in [0.717, 1.165) is 0 Å². The van der Waals surface area contributed by atoms with Crippen molar-refractivity contribution in [3.63, 3.8) is 0 Å². The van der Waals surface area contributed by atoms with Gasteiger partial charge >= 0.3 is 6.18 Å². The van der Waals surface area contributed by atoms with Crippen LogP contribution in [0.5, 0.6) is 5.75 Å². The number of aromatic hydroxyl groups is 1. The van der Waals surface area contributed by atoms with Gasteiger partial charge in [0, 0.05) is 11.6 Å². The van der Waals surface area contributed by atoms with Crippen molar-refractivity contribution < 1.29 is 23.1 Å². The van der Waals surface area contributed by atoms with Gasteiger partial charge in [-0.3, -0.25) is 4.79 Å². The smallest absolute Gasteiger partial charge is 0.391 e. The van der Waals surface area contributed by atoms with Crippen molar-refractivity contribution in [2.45, 2.75) is 25.6 Å². The van der Waals surface area contributed by atoms with Crippen LogP contribution in [0.15, 0.2) is 24.3 Å². The Morgan fingerprint density at radius 3 is 2.35 bits per heavy atom. The van der Waals surface area contributed by atoms with Gasteiger partial charge in [0.1, 0.15) is 5.75 Å². The predicted octanol–water partition coefficient (Wildman–Crippen LogP) is 2.46. The molecule has 0 heterocycles. The molecule has 3 nitrogen and oxygen atoms in total. The molecule has 1 atom stereocenters. The average molecular weight is 247 g/mol. The number of benzene rings is 1. The van der Waals surface area contributed by atoms with E-state index in [-0.39, 0.29) is 11.3 Å². The molecule has 0 saturated heterocycles. The van der Waals surface area contributed by atoms with Crippen molar-refractivity contribution in [3.8, 4) is 5.75 Å². The molecule has 94 valence electrons. The fourth-order valence-electron chi connectivity index (χ4n) is 1.32. The van der Waals surface area contributed by atoms with Crippen LogP contribution < -0.4 is 5.32 Å². The predicted molar refractivity (Wildman–Crippen MR) is 55.7 cm³/mol. The van der Waals surface area contributed by atoms with E-state index in [4.69, 9.17) is 5.11 Å². The molecule has 1 rings (SSSR count). The summed E-state index contributed by atoms with van der Waals surface area (Å²) in [5.41, 5.74) is 0.205. The molecule has 1 unspecified atom stereocenters. The third-order valence-corrected chi connectivity index (χ3v) is 2.04. The monoisotopic (exact) mass is 247 g/mol. The third kappa shape index (κ3) is 4.76. The van der Waals surface area contributed by atoms with Crippen LogP contribution in [-0.2, 0) is 0 Å². The summed E-state index contributed by atoms with van der Waals surface area (Å²) in [6.07, 6.45) is -5.38.